The van der Waals surface area contributed by atoms with Gasteiger partial charge in [-0.2, -0.15) is 0 Å². The molecule has 1 amide bonds. The highest BCUT2D eigenvalue weighted by molar-refractivity contribution is 5.94. The third kappa shape index (κ3) is 4.55. The van der Waals surface area contributed by atoms with Gasteiger partial charge in [-0.3, -0.25) is 4.79 Å². The van der Waals surface area contributed by atoms with E-state index in [4.69, 9.17) is 0 Å². The third-order valence-corrected chi connectivity index (χ3v) is 2.48. The van der Waals surface area contributed by atoms with Crippen molar-refractivity contribution in [2.75, 3.05) is 6.54 Å². The molecule has 0 saturated heterocycles. The number of hydrogen-bond acceptors (Lipinski definition) is 2. The fourth-order valence-corrected chi connectivity index (χ4v) is 1.69. The van der Waals surface area contributed by atoms with E-state index in [2.05, 4.69) is 5.32 Å². The number of hydrogen-bond donors (Lipinski definition) is 2. The lowest BCUT2D eigenvalue weighted by atomic mass is 10.1. The van der Waals surface area contributed by atoms with E-state index in [1.54, 1.807) is 0 Å². The summed E-state index contributed by atoms with van der Waals surface area (Å²) in [7, 11) is 0. The van der Waals surface area contributed by atoms with Crippen LogP contribution in [0.3, 0.4) is 0 Å². The molecule has 0 fully saturated rings. The molecule has 0 aliphatic rings. The van der Waals surface area contributed by atoms with E-state index in [1.165, 1.54) is 0 Å². The Kier molecular flexibility index (Phi) is 5.35. The van der Waals surface area contributed by atoms with E-state index >= 15 is 0 Å². The monoisotopic (exact) mass is 275 g/mol. The second kappa shape index (κ2) is 6.56. The molecule has 1 atom stereocenters. The number of halogens is 3. The molecular weight excluding hydrogens is 259 g/mol. The van der Waals surface area contributed by atoms with Gasteiger partial charge in [0.1, 0.15) is 23.0 Å². The van der Waals surface area contributed by atoms with Crippen LogP contribution in [0.4, 0.5) is 13.2 Å². The molecule has 0 aromatic heterocycles. The number of carbonyl (C=O) groups is 1. The Balaban J connectivity index is 2.69. The summed E-state index contributed by atoms with van der Waals surface area (Å²) in [5.74, 6) is -4.42. The first-order valence-electron chi connectivity index (χ1n) is 5.92. The van der Waals surface area contributed by atoms with Gasteiger partial charge in [0.05, 0.1) is 6.10 Å². The molecule has 1 aromatic carbocycles. The highest BCUT2D eigenvalue weighted by atomic mass is 19.1. The predicted octanol–water partition coefficient (Wildman–Crippen LogP) is 2.24. The van der Waals surface area contributed by atoms with Crippen molar-refractivity contribution in [1.29, 1.82) is 0 Å². The summed E-state index contributed by atoms with van der Waals surface area (Å²) in [5, 5.41) is 11.7. The third-order valence-electron chi connectivity index (χ3n) is 2.48. The predicted molar refractivity (Wildman–Crippen MR) is 64.1 cm³/mol. The number of aliphatic hydroxyl groups excluding tert-OH is 1. The molecule has 1 unspecified atom stereocenters. The van der Waals surface area contributed by atoms with Gasteiger partial charge in [0.2, 0.25) is 0 Å². The zero-order chi connectivity index (χ0) is 14.6. The van der Waals surface area contributed by atoms with Gasteiger partial charge in [-0.25, -0.2) is 13.2 Å². The van der Waals surface area contributed by atoms with Crippen LogP contribution in [0.5, 0.6) is 0 Å². The fourth-order valence-electron chi connectivity index (χ4n) is 1.69. The van der Waals surface area contributed by atoms with Crippen LogP contribution in [0.2, 0.25) is 0 Å². The molecule has 1 aromatic rings. The van der Waals surface area contributed by atoms with Gasteiger partial charge in [0.25, 0.3) is 5.91 Å². The topological polar surface area (TPSA) is 49.3 Å². The number of nitrogens with one attached hydrogen (secondary N) is 1. The van der Waals surface area contributed by atoms with Crippen LogP contribution in [0.25, 0.3) is 0 Å². The molecule has 0 aliphatic carbocycles. The molecule has 0 aliphatic heterocycles. The Morgan fingerprint density at radius 2 is 1.79 bits per heavy atom. The van der Waals surface area contributed by atoms with E-state index in [1.807, 2.05) is 13.8 Å². The maximum atomic E-state index is 13.3. The van der Waals surface area contributed by atoms with Crippen LogP contribution in [-0.2, 0) is 0 Å². The Labute approximate surface area is 109 Å². The molecule has 0 saturated carbocycles. The SMILES string of the molecule is CC(C)CC(O)CNC(=O)c1c(F)cc(F)cc1F. The second-order valence-electron chi connectivity index (χ2n) is 4.74. The van der Waals surface area contributed by atoms with Crippen LogP contribution in [0.15, 0.2) is 12.1 Å². The lowest BCUT2D eigenvalue weighted by Gasteiger charge is -2.14. The van der Waals surface area contributed by atoms with Crippen molar-refractivity contribution < 1.29 is 23.1 Å². The Morgan fingerprint density at radius 1 is 1.26 bits per heavy atom. The van der Waals surface area contributed by atoms with Gasteiger partial charge in [-0.15, -0.1) is 0 Å². The highest BCUT2D eigenvalue weighted by Crippen LogP contribution is 2.14. The number of carbonyl (C=O) groups excluding carboxylic acids is 1. The maximum absolute atomic E-state index is 13.3. The van der Waals surface area contributed by atoms with Crippen molar-refractivity contribution in [2.24, 2.45) is 5.92 Å². The molecule has 2 N–H and O–H groups in total. The normalized spacial score (nSPS) is 12.6. The van der Waals surface area contributed by atoms with Crippen LogP contribution in [0, 0.1) is 23.4 Å². The van der Waals surface area contributed by atoms with Crippen LogP contribution in [-0.4, -0.2) is 23.7 Å². The minimum absolute atomic E-state index is 0.118. The summed E-state index contributed by atoms with van der Waals surface area (Å²) in [6.07, 6.45) is -0.343. The van der Waals surface area contributed by atoms with Gasteiger partial charge in [0, 0.05) is 18.7 Å². The lowest BCUT2D eigenvalue weighted by Crippen LogP contribution is -2.33. The van der Waals surface area contributed by atoms with Crippen LogP contribution < -0.4 is 5.32 Å². The molecule has 1 rings (SSSR count). The molecule has 19 heavy (non-hydrogen) atoms. The molecule has 0 heterocycles. The van der Waals surface area contributed by atoms with Gasteiger partial charge >= 0.3 is 0 Å². The summed E-state index contributed by atoms with van der Waals surface area (Å²) in [5.41, 5.74) is -0.849. The fraction of sp³-hybridized carbons (Fsp3) is 0.462. The van der Waals surface area contributed by atoms with Crippen molar-refractivity contribution in [3.05, 3.63) is 35.1 Å². The minimum atomic E-state index is -1.27. The van der Waals surface area contributed by atoms with E-state index in [-0.39, 0.29) is 12.5 Å². The maximum Gasteiger partial charge on any atom is 0.257 e. The van der Waals surface area contributed by atoms with Crippen molar-refractivity contribution in [2.45, 2.75) is 26.4 Å². The van der Waals surface area contributed by atoms with Gasteiger partial charge in [-0.1, -0.05) is 13.8 Å². The average Bonchev–Trinajstić information content (AvgIpc) is 2.23. The van der Waals surface area contributed by atoms with Crippen molar-refractivity contribution in [1.82, 2.24) is 5.32 Å². The van der Waals surface area contributed by atoms with Crippen molar-refractivity contribution >= 4 is 5.91 Å². The van der Waals surface area contributed by atoms with E-state index in [9.17, 15) is 23.1 Å². The first kappa shape index (κ1) is 15.5. The quantitative estimate of drug-likeness (QED) is 0.866. The number of amides is 1. The second-order valence-corrected chi connectivity index (χ2v) is 4.74. The molecule has 6 heteroatoms. The van der Waals surface area contributed by atoms with E-state index < -0.39 is 35.0 Å². The summed E-state index contributed by atoms with van der Waals surface area (Å²) in [6, 6.07) is 0.866. The molecule has 106 valence electrons. The molecule has 3 nitrogen and oxygen atoms in total. The van der Waals surface area contributed by atoms with Gasteiger partial charge < -0.3 is 10.4 Å². The van der Waals surface area contributed by atoms with Crippen LogP contribution >= 0.6 is 0 Å². The molecular formula is C13H16F3NO2. The smallest absolute Gasteiger partial charge is 0.257 e. The highest BCUT2D eigenvalue weighted by Gasteiger charge is 2.19. The summed E-state index contributed by atoms with van der Waals surface area (Å²) < 4.78 is 39.3. The Morgan fingerprint density at radius 3 is 2.26 bits per heavy atom. The lowest BCUT2D eigenvalue weighted by molar-refractivity contribution is 0.0892. The zero-order valence-electron chi connectivity index (χ0n) is 10.7. The first-order valence-corrected chi connectivity index (χ1v) is 5.92. The van der Waals surface area contributed by atoms with E-state index in [0.29, 0.717) is 18.6 Å². The largest absolute Gasteiger partial charge is 0.391 e. The van der Waals surface area contributed by atoms with Crippen LogP contribution in [0.1, 0.15) is 30.6 Å². The minimum Gasteiger partial charge on any atom is -0.391 e. The number of rotatable bonds is 5. The summed E-state index contributed by atoms with van der Waals surface area (Å²) >= 11 is 0. The van der Waals surface area contributed by atoms with Crippen molar-refractivity contribution in [3.8, 4) is 0 Å². The van der Waals surface area contributed by atoms with Gasteiger partial charge in [-0.05, 0) is 12.3 Å². The average molecular weight is 275 g/mol. The van der Waals surface area contributed by atoms with E-state index in [0.717, 1.165) is 0 Å². The number of benzene rings is 1. The Bertz CT molecular complexity index is 440. The Hall–Kier alpha value is -1.56. The molecule has 0 bridgehead atoms. The summed E-state index contributed by atoms with van der Waals surface area (Å²) in [4.78, 5) is 11.6. The standard InChI is InChI=1S/C13H16F3NO2/c1-7(2)3-9(18)6-17-13(19)12-10(15)4-8(14)5-11(12)16/h4-5,7,9,18H,3,6H2,1-2H3,(H,17,19). The van der Waals surface area contributed by atoms with Crippen molar-refractivity contribution in [3.63, 3.8) is 0 Å². The molecule has 0 radical (unpaired) electrons. The zero-order valence-corrected chi connectivity index (χ0v) is 10.7. The summed E-state index contributed by atoms with van der Waals surface area (Å²) in [6.45, 7) is 3.67. The van der Waals surface area contributed by atoms with Gasteiger partial charge in [0.15, 0.2) is 0 Å². The first-order chi connectivity index (χ1) is 8.81. The molecule has 0 spiro atoms. The number of aliphatic hydroxyl groups is 1.